The highest BCUT2D eigenvalue weighted by Crippen LogP contribution is 2.19. The van der Waals surface area contributed by atoms with Crippen LogP contribution >= 0.6 is 0 Å². The first-order valence-corrected chi connectivity index (χ1v) is 8.37. The molecule has 0 aliphatic heterocycles. The molecule has 0 aromatic carbocycles. The average molecular weight is 252 g/mol. The second-order valence-electron chi connectivity index (χ2n) is 5.97. The van der Waals surface area contributed by atoms with Gasteiger partial charge in [0.1, 0.15) is 0 Å². The second-order valence-corrected chi connectivity index (χ2v) is 5.97. The third-order valence-electron chi connectivity index (χ3n) is 4.20. The summed E-state index contributed by atoms with van der Waals surface area (Å²) in [6, 6.07) is 0. The molecule has 0 saturated heterocycles. The predicted octanol–water partition coefficient (Wildman–Crippen LogP) is 6.76. The zero-order valence-electron chi connectivity index (χ0n) is 13.2. The Morgan fingerprint density at radius 2 is 1.39 bits per heavy atom. The van der Waals surface area contributed by atoms with Gasteiger partial charge < -0.3 is 0 Å². The molecule has 0 radical (unpaired) electrons. The minimum atomic E-state index is 0.712. The van der Waals surface area contributed by atoms with E-state index in [0.29, 0.717) is 5.92 Å². The molecule has 0 spiro atoms. The number of unbranched alkanes of at least 4 members (excludes halogenated alkanes) is 5. The lowest BCUT2D eigenvalue weighted by Crippen LogP contribution is -1.98. The maximum atomic E-state index is 3.84. The van der Waals surface area contributed by atoms with E-state index in [1.807, 2.05) is 0 Å². The fourth-order valence-electron chi connectivity index (χ4n) is 2.69. The second kappa shape index (κ2) is 13.2. The van der Waals surface area contributed by atoms with Crippen molar-refractivity contribution < 1.29 is 0 Å². The molecule has 108 valence electrons. The number of hydrogen-bond donors (Lipinski definition) is 0. The summed E-state index contributed by atoms with van der Waals surface area (Å²) in [7, 11) is 0. The molecule has 0 aromatic rings. The Morgan fingerprint density at radius 1 is 0.833 bits per heavy atom. The van der Waals surface area contributed by atoms with Gasteiger partial charge in [-0.15, -0.1) is 6.58 Å². The first-order valence-electron chi connectivity index (χ1n) is 8.37. The summed E-state index contributed by atoms with van der Waals surface area (Å²) in [6.45, 7) is 10.8. The van der Waals surface area contributed by atoms with Crippen molar-refractivity contribution in [3.05, 3.63) is 12.7 Å². The molecule has 2 unspecified atom stereocenters. The molecule has 0 amide bonds. The van der Waals surface area contributed by atoms with Crippen LogP contribution in [0.25, 0.3) is 0 Å². The summed E-state index contributed by atoms with van der Waals surface area (Å²) in [4.78, 5) is 0. The lowest BCUT2D eigenvalue weighted by Gasteiger charge is -2.13. The molecule has 18 heavy (non-hydrogen) atoms. The third kappa shape index (κ3) is 10.9. The van der Waals surface area contributed by atoms with E-state index in [1.54, 1.807) is 0 Å². The van der Waals surface area contributed by atoms with Gasteiger partial charge in [0.05, 0.1) is 0 Å². The molecule has 0 aliphatic carbocycles. The van der Waals surface area contributed by atoms with E-state index in [1.165, 1.54) is 70.6 Å². The van der Waals surface area contributed by atoms with E-state index in [0.717, 1.165) is 5.92 Å². The fraction of sp³-hybridized carbons (Fsp3) is 0.889. The van der Waals surface area contributed by atoms with Gasteiger partial charge in [-0.25, -0.2) is 0 Å². The van der Waals surface area contributed by atoms with Crippen LogP contribution in [0, 0.1) is 11.8 Å². The molecular weight excluding hydrogens is 216 g/mol. The van der Waals surface area contributed by atoms with Crippen molar-refractivity contribution in [1.29, 1.82) is 0 Å². The summed E-state index contributed by atoms with van der Waals surface area (Å²) in [6.07, 6.45) is 17.7. The van der Waals surface area contributed by atoms with Crippen molar-refractivity contribution in [1.82, 2.24) is 0 Å². The normalized spacial score (nSPS) is 14.4. The molecule has 0 fully saturated rings. The van der Waals surface area contributed by atoms with Crippen LogP contribution < -0.4 is 0 Å². The van der Waals surface area contributed by atoms with Crippen molar-refractivity contribution in [3.63, 3.8) is 0 Å². The van der Waals surface area contributed by atoms with E-state index < -0.39 is 0 Å². The smallest absolute Gasteiger partial charge is 0.0265 e. The van der Waals surface area contributed by atoms with E-state index in [2.05, 4.69) is 33.4 Å². The van der Waals surface area contributed by atoms with Crippen molar-refractivity contribution in [2.75, 3.05) is 0 Å². The Balaban J connectivity index is 3.22. The molecule has 0 heterocycles. The zero-order chi connectivity index (χ0) is 13.6. The summed E-state index contributed by atoms with van der Waals surface area (Å²) in [5.74, 6) is 1.72. The minimum absolute atomic E-state index is 0.712. The average Bonchev–Trinajstić information content (AvgIpc) is 2.40. The van der Waals surface area contributed by atoms with Crippen molar-refractivity contribution in [3.8, 4) is 0 Å². The van der Waals surface area contributed by atoms with Crippen LogP contribution in [0.3, 0.4) is 0 Å². The molecule has 0 rings (SSSR count). The molecule has 0 aliphatic rings. The monoisotopic (exact) mass is 252 g/mol. The topological polar surface area (TPSA) is 0 Å². The van der Waals surface area contributed by atoms with Crippen molar-refractivity contribution >= 4 is 0 Å². The van der Waals surface area contributed by atoms with Crippen molar-refractivity contribution in [2.24, 2.45) is 11.8 Å². The van der Waals surface area contributed by atoms with E-state index in [9.17, 15) is 0 Å². The van der Waals surface area contributed by atoms with Crippen LogP contribution in [0.15, 0.2) is 12.7 Å². The maximum Gasteiger partial charge on any atom is -0.0265 e. The van der Waals surface area contributed by atoms with E-state index in [4.69, 9.17) is 0 Å². The molecule has 0 aromatic heterocycles. The third-order valence-corrected chi connectivity index (χ3v) is 4.20. The van der Waals surface area contributed by atoms with Gasteiger partial charge in [0, 0.05) is 0 Å². The Kier molecular flexibility index (Phi) is 13.0. The van der Waals surface area contributed by atoms with Crippen LogP contribution in [0.5, 0.6) is 0 Å². The number of allylic oxidation sites excluding steroid dienone is 1. The first kappa shape index (κ1) is 17.7. The Labute approximate surface area is 116 Å². The van der Waals surface area contributed by atoms with Gasteiger partial charge in [-0.05, 0) is 18.3 Å². The van der Waals surface area contributed by atoms with Crippen LogP contribution in [0.1, 0.15) is 91.4 Å². The molecule has 0 bridgehead atoms. The Morgan fingerprint density at radius 3 is 1.89 bits per heavy atom. The highest BCUT2D eigenvalue weighted by Gasteiger charge is 2.04. The van der Waals surface area contributed by atoms with Crippen LogP contribution in [-0.4, -0.2) is 0 Å². The van der Waals surface area contributed by atoms with Gasteiger partial charge in [0.25, 0.3) is 0 Å². The van der Waals surface area contributed by atoms with Crippen LogP contribution in [-0.2, 0) is 0 Å². The highest BCUT2D eigenvalue weighted by atomic mass is 14.1. The largest absolute Gasteiger partial charge is 0.103 e. The van der Waals surface area contributed by atoms with Gasteiger partial charge in [0.2, 0.25) is 0 Å². The van der Waals surface area contributed by atoms with Gasteiger partial charge in [-0.2, -0.15) is 0 Å². The first-order chi connectivity index (χ1) is 8.74. The summed E-state index contributed by atoms with van der Waals surface area (Å²) in [5.41, 5.74) is 0. The minimum Gasteiger partial charge on any atom is -0.103 e. The van der Waals surface area contributed by atoms with Gasteiger partial charge in [-0.3, -0.25) is 0 Å². The quantitative estimate of drug-likeness (QED) is 0.251. The van der Waals surface area contributed by atoms with Crippen molar-refractivity contribution in [2.45, 2.75) is 91.4 Å². The van der Waals surface area contributed by atoms with E-state index >= 15 is 0 Å². The standard InChI is InChI=1S/C18H36/c1-5-14-18(7-3)16-13-11-9-8-10-12-15-17(4)6-2/h6,17-18H,2,5,7-16H2,1,3-4H3. The zero-order valence-corrected chi connectivity index (χ0v) is 13.2. The molecule has 0 heteroatoms. The van der Waals surface area contributed by atoms with Crippen LogP contribution in [0.4, 0.5) is 0 Å². The molecule has 2 atom stereocenters. The maximum absolute atomic E-state index is 3.84. The molecule has 0 saturated carbocycles. The summed E-state index contributed by atoms with van der Waals surface area (Å²) < 4.78 is 0. The number of hydrogen-bond acceptors (Lipinski definition) is 0. The number of rotatable bonds is 13. The van der Waals surface area contributed by atoms with Gasteiger partial charge in [0.15, 0.2) is 0 Å². The highest BCUT2D eigenvalue weighted by molar-refractivity contribution is 4.74. The summed E-state index contributed by atoms with van der Waals surface area (Å²) in [5, 5.41) is 0. The SMILES string of the molecule is C=CC(C)CCCCCCCCC(CC)CCC. The lowest BCUT2D eigenvalue weighted by molar-refractivity contribution is 0.407. The molecular formula is C18H36. The Hall–Kier alpha value is -0.260. The van der Waals surface area contributed by atoms with Gasteiger partial charge in [-0.1, -0.05) is 91.1 Å². The predicted molar refractivity (Wildman–Crippen MR) is 85.0 cm³/mol. The lowest BCUT2D eigenvalue weighted by atomic mass is 9.93. The Bertz CT molecular complexity index is 171. The van der Waals surface area contributed by atoms with Gasteiger partial charge >= 0.3 is 0 Å². The fourth-order valence-corrected chi connectivity index (χ4v) is 2.69. The van der Waals surface area contributed by atoms with E-state index in [-0.39, 0.29) is 0 Å². The summed E-state index contributed by atoms with van der Waals surface area (Å²) >= 11 is 0. The van der Waals surface area contributed by atoms with Crippen LogP contribution in [0.2, 0.25) is 0 Å². The molecule has 0 N–H and O–H groups in total. The molecule has 0 nitrogen and oxygen atoms in total.